The summed E-state index contributed by atoms with van der Waals surface area (Å²) in [5.41, 5.74) is 0.777. The molecule has 0 bridgehead atoms. The minimum absolute atomic E-state index is 0.128. The molecule has 2 rings (SSSR count). The Kier molecular flexibility index (Phi) is 3.69. The molecular formula is C12H8Cl2N2O2. The number of carbonyl (C=O) groups is 1. The topological polar surface area (TPSA) is 62.2 Å². The van der Waals surface area contributed by atoms with Crippen LogP contribution in [0.3, 0.4) is 0 Å². The largest absolute Gasteiger partial charge is 0.478 e. The van der Waals surface area contributed by atoms with Crippen LogP contribution in [0.15, 0.2) is 36.5 Å². The molecule has 0 fully saturated rings. The number of halogens is 2. The number of hydrogen-bond acceptors (Lipinski definition) is 3. The smallest absolute Gasteiger partial charge is 0.337 e. The molecule has 18 heavy (non-hydrogen) atoms. The Morgan fingerprint density at radius 2 is 2.00 bits per heavy atom. The van der Waals surface area contributed by atoms with E-state index in [2.05, 4.69) is 10.3 Å². The molecule has 0 aliphatic carbocycles. The van der Waals surface area contributed by atoms with E-state index in [4.69, 9.17) is 28.3 Å². The van der Waals surface area contributed by atoms with E-state index in [-0.39, 0.29) is 5.56 Å². The fourth-order valence-corrected chi connectivity index (χ4v) is 1.78. The van der Waals surface area contributed by atoms with Crippen molar-refractivity contribution in [2.75, 3.05) is 5.32 Å². The molecule has 4 nitrogen and oxygen atoms in total. The maximum absolute atomic E-state index is 10.7. The van der Waals surface area contributed by atoms with Gasteiger partial charge in [0.25, 0.3) is 0 Å². The van der Waals surface area contributed by atoms with E-state index < -0.39 is 5.97 Å². The van der Waals surface area contributed by atoms with Crippen molar-refractivity contribution in [1.82, 2.24) is 4.98 Å². The van der Waals surface area contributed by atoms with Crippen LogP contribution >= 0.6 is 23.2 Å². The first-order chi connectivity index (χ1) is 8.56. The summed E-state index contributed by atoms with van der Waals surface area (Å²) in [7, 11) is 0. The number of nitrogens with zero attached hydrogens (tertiary/aromatic N) is 1. The second-order valence-electron chi connectivity index (χ2n) is 3.49. The zero-order valence-electron chi connectivity index (χ0n) is 9.02. The quantitative estimate of drug-likeness (QED) is 0.898. The number of carboxylic acids is 1. The Bertz CT molecular complexity index is 585. The van der Waals surface area contributed by atoms with Crippen molar-refractivity contribution in [3.05, 3.63) is 52.1 Å². The lowest BCUT2D eigenvalue weighted by Crippen LogP contribution is -1.99. The third kappa shape index (κ3) is 2.91. The number of hydrogen-bond donors (Lipinski definition) is 2. The third-order valence-corrected chi connectivity index (χ3v) is 2.75. The van der Waals surface area contributed by atoms with Gasteiger partial charge in [0.1, 0.15) is 5.82 Å². The van der Waals surface area contributed by atoms with Gasteiger partial charge in [-0.05, 0) is 30.3 Å². The molecule has 1 heterocycles. The molecule has 0 radical (unpaired) electrons. The molecule has 0 saturated carbocycles. The molecule has 1 aromatic carbocycles. The van der Waals surface area contributed by atoms with Crippen LogP contribution in [-0.4, -0.2) is 16.1 Å². The van der Waals surface area contributed by atoms with Crippen LogP contribution in [0.2, 0.25) is 10.0 Å². The first kappa shape index (κ1) is 12.7. The molecule has 92 valence electrons. The maximum Gasteiger partial charge on any atom is 0.337 e. The summed E-state index contributed by atoms with van der Waals surface area (Å²) in [5, 5.41) is 12.7. The second-order valence-corrected chi connectivity index (χ2v) is 4.33. The van der Waals surface area contributed by atoms with Gasteiger partial charge in [-0.25, -0.2) is 9.78 Å². The molecule has 0 amide bonds. The molecule has 0 spiro atoms. The molecular weight excluding hydrogens is 275 g/mol. The average Bonchev–Trinajstić information content (AvgIpc) is 2.33. The van der Waals surface area contributed by atoms with Gasteiger partial charge in [-0.15, -0.1) is 0 Å². The van der Waals surface area contributed by atoms with Crippen LogP contribution in [0.1, 0.15) is 10.4 Å². The summed E-state index contributed by atoms with van der Waals surface area (Å²) in [6.45, 7) is 0. The lowest BCUT2D eigenvalue weighted by Gasteiger charge is -2.07. The molecule has 0 aliphatic rings. The van der Waals surface area contributed by atoms with Crippen LogP contribution < -0.4 is 5.32 Å². The predicted molar refractivity (Wildman–Crippen MR) is 70.9 cm³/mol. The monoisotopic (exact) mass is 282 g/mol. The predicted octanol–water partition coefficient (Wildman–Crippen LogP) is 3.83. The number of anilines is 2. The number of aromatic carboxylic acids is 1. The number of benzene rings is 1. The van der Waals surface area contributed by atoms with Crippen LogP contribution in [0, 0.1) is 0 Å². The Hall–Kier alpha value is -1.78. The van der Waals surface area contributed by atoms with Crippen molar-refractivity contribution in [3.63, 3.8) is 0 Å². The molecule has 0 atom stereocenters. The fourth-order valence-electron chi connectivity index (χ4n) is 1.32. The Labute approximate surface area is 113 Å². The van der Waals surface area contributed by atoms with Crippen molar-refractivity contribution in [1.29, 1.82) is 0 Å². The molecule has 0 unspecified atom stereocenters. The summed E-state index contributed by atoms with van der Waals surface area (Å²) >= 11 is 11.8. The molecule has 2 N–H and O–H groups in total. The summed E-state index contributed by atoms with van der Waals surface area (Å²) in [5.74, 6) is -0.511. The zero-order chi connectivity index (χ0) is 13.1. The molecule has 1 aromatic heterocycles. The lowest BCUT2D eigenvalue weighted by molar-refractivity contribution is 0.0696. The summed E-state index contributed by atoms with van der Waals surface area (Å²) in [6.07, 6.45) is 1.27. The van der Waals surface area contributed by atoms with Gasteiger partial charge in [0.2, 0.25) is 0 Å². The van der Waals surface area contributed by atoms with Gasteiger partial charge in [-0.2, -0.15) is 0 Å². The van der Waals surface area contributed by atoms with Crippen LogP contribution in [0.4, 0.5) is 11.5 Å². The van der Waals surface area contributed by atoms with E-state index in [0.717, 1.165) is 0 Å². The van der Waals surface area contributed by atoms with Gasteiger partial charge < -0.3 is 10.4 Å². The molecule has 2 aromatic rings. The minimum atomic E-state index is -1.02. The van der Waals surface area contributed by atoms with Crippen molar-refractivity contribution in [3.8, 4) is 0 Å². The van der Waals surface area contributed by atoms with Crippen LogP contribution in [-0.2, 0) is 0 Å². The van der Waals surface area contributed by atoms with E-state index in [1.807, 2.05) is 0 Å². The normalized spacial score (nSPS) is 10.1. The summed E-state index contributed by atoms with van der Waals surface area (Å²) in [6, 6.07) is 8.05. The highest BCUT2D eigenvalue weighted by atomic mass is 35.5. The average molecular weight is 283 g/mol. The van der Waals surface area contributed by atoms with Crippen LogP contribution in [0.5, 0.6) is 0 Å². The van der Waals surface area contributed by atoms with Gasteiger partial charge in [0.05, 0.1) is 16.3 Å². The molecule has 6 heteroatoms. The summed E-state index contributed by atoms with van der Waals surface area (Å²) < 4.78 is 0. The van der Waals surface area contributed by atoms with Gasteiger partial charge in [-0.1, -0.05) is 23.2 Å². The van der Waals surface area contributed by atoms with E-state index in [9.17, 15) is 4.79 Å². The van der Waals surface area contributed by atoms with Crippen molar-refractivity contribution < 1.29 is 9.90 Å². The SMILES string of the molecule is O=C(O)c1ccc(Nc2ccc(Cl)cc2Cl)nc1. The van der Waals surface area contributed by atoms with E-state index in [1.165, 1.54) is 12.3 Å². The summed E-state index contributed by atoms with van der Waals surface area (Å²) in [4.78, 5) is 14.6. The van der Waals surface area contributed by atoms with E-state index >= 15 is 0 Å². The van der Waals surface area contributed by atoms with Gasteiger partial charge >= 0.3 is 5.97 Å². The number of carboxylic acid groups (broad SMARTS) is 1. The highest BCUT2D eigenvalue weighted by molar-refractivity contribution is 6.36. The van der Waals surface area contributed by atoms with Crippen molar-refractivity contribution in [2.24, 2.45) is 0 Å². The maximum atomic E-state index is 10.7. The standard InChI is InChI=1S/C12H8Cl2N2O2/c13-8-2-3-10(9(14)5-8)16-11-4-1-7(6-15-11)12(17)18/h1-6H,(H,15,16)(H,17,18). The first-order valence-electron chi connectivity index (χ1n) is 4.97. The fraction of sp³-hybridized carbons (Fsp3) is 0. The lowest BCUT2D eigenvalue weighted by atomic mass is 10.3. The second kappa shape index (κ2) is 5.25. The first-order valence-corrected chi connectivity index (χ1v) is 5.73. The van der Waals surface area contributed by atoms with Crippen molar-refractivity contribution >= 4 is 40.7 Å². The van der Waals surface area contributed by atoms with E-state index in [0.29, 0.717) is 21.6 Å². The number of nitrogens with one attached hydrogen (secondary N) is 1. The minimum Gasteiger partial charge on any atom is -0.478 e. The van der Waals surface area contributed by atoms with Crippen molar-refractivity contribution in [2.45, 2.75) is 0 Å². The zero-order valence-corrected chi connectivity index (χ0v) is 10.5. The molecule has 0 saturated heterocycles. The molecule has 0 aliphatic heterocycles. The number of rotatable bonds is 3. The number of pyridine rings is 1. The number of aromatic nitrogens is 1. The third-order valence-electron chi connectivity index (χ3n) is 2.20. The Morgan fingerprint density at radius 3 is 2.56 bits per heavy atom. The highest BCUT2D eigenvalue weighted by Gasteiger charge is 2.05. The van der Waals surface area contributed by atoms with Gasteiger partial charge in [-0.3, -0.25) is 0 Å². The highest BCUT2D eigenvalue weighted by Crippen LogP contribution is 2.27. The van der Waals surface area contributed by atoms with Gasteiger partial charge in [0, 0.05) is 11.2 Å². The Morgan fingerprint density at radius 1 is 1.22 bits per heavy atom. The Balaban J connectivity index is 2.21. The van der Waals surface area contributed by atoms with E-state index in [1.54, 1.807) is 24.3 Å². The van der Waals surface area contributed by atoms with Gasteiger partial charge in [0.15, 0.2) is 0 Å². The van der Waals surface area contributed by atoms with Crippen LogP contribution in [0.25, 0.3) is 0 Å².